The number of hydrogen-bond donors (Lipinski definition) is 3. The zero-order chi connectivity index (χ0) is 16.1. The highest BCUT2D eigenvalue weighted by atomic mass is 16.2. The van der Waals surface area contributed by atoms with E-state index in [1.54, 1.807) is 0 Å². The van der Waals surface area contributed by atoms with E-state index in [2.05, 4.69) is 39.8 Å². The molecule has 0 aromatic carbocycles. The summed E-state index contributed by atoms with van der Waals surface area (Å²) in [6.07, 6.45) is 1.44. The van der Waals surface area contributed by atoms with Crippen LogP contribution in [0.4, 0.5) is 5.82 Å². The third kappa shape index (κ3) is 4.16. The van der Waals surface area contributed by atoms with Gasteiger partial charge in [-0.1, -0.05) is 13.8 Å². The van der Waals surface area contributed by atoms with Crippen LogP contribution in [0.2, 0.25) is 0 Å². The molecule has 2 heterocycles. The van der Waals surface area contributed by atoms with Crippen molar-refractivity contribution in [3.05, 3.63) is 17.1 Å². The minimum absolute atomic E-state index is 0.0635. The first-order valence-corrected chi connectivity index (χ1v) is 7.63. The summed E-state index contributed by atoms with van der Waals surface area (Å²) >= 11 is 0. The molecule has 0 spiro atoms. The minimum Gasteiger partial charge on any atom is -0.368 e. The summed E-state index contributed by atoms with van der Waals surface area (Å²) in [6.45, 7) is 7.34. The monoisotopic (exact) mass is 305 g/mol. The van der Waals surface area contributed by atoms with E-state index in [0.29, 0.717) is 49.3 Å². The Morgan fingerprint density at radius 2 is 2.09 bits per heavy atom. The van der Waals surface area contributed by atoms with Gasteiger partial charge in [-0.2, -0.15) is 0 Å². The lowest BCUT2D eigenvalue weighted by molar-refractivity contribution is -0.118. The SMILES string of the molecule is CC(=O)NCCNc1nc(CC(C)C)nc2c1CCNC2=O. The lowest BCUT2D eigenvalue weighted by atomic mass is 10.0. The van der Waals surface area contributed by atoms with Crippen LogP contribution in [0.5, 0.6) is 0 Å². The Morgan fingerprint density at radius 3 is 2.77 bits per heavy atom. The van der Waals surface area contributed by atoms with E-state index in [9.17, 15) is 9.59 Å². The summed E-state index contributed by atoms with van der Waals surface area (Å²) in [4.78, 5) is 31.9. The van der Waals surface area contributed by atoms with Gasteiger partial charge in [-0.05, 0) is 12.3 Å². The first-order valence-electron chi connectivity index (χ1n) is 7.63. The van der Waals surface area contributed by atoms with Crippen LogP contribution in [0.1, 0.15) is 42.6 Å². The van der Waals surface area contributed by atoms with E-state index in [1.807, 2.05) is 0 Å². The molecular weight excluding hydrogens is 282 g/mol. The number of rotatable bonds is 6. The molecule has 2 rings (SSSR count). The summed E-state index contributed by atoms with van der Waals surface area (Å²) in [5.74, 6) is 1.59. The predicted octanol–water partition coefficient (Wildman–Crippen LogP) is 0.509. The second kappa shape index (κ2) is 7.20. The van der Waals surface area contributed by atoms with Crippen LogP contribution in [0.15, 0.2) is 0 Å². The van der Waals surface area contributed by atoms with Gasteiger partial charge in [0.05, 0.1) is 0 Å². The van der Waals surface area contributed by atoms with Gasteiger partial charge in [-0.3, -0.25) is 9.59 Å². The molecule has 0 radical (unpaired) electrons. The first-order chi connectivity index (χ1) is 10.5. The molecule has 0 unspecified atom stereocenters. The molecule has 7 heteroatoms. The average Bonchev–Trinajstić information content (AvgIpc) is 2.43. The molecule has 1 aliphatic rings. The van der Waals surface area contributed by atoms with E-state index in [4.69, 9.17) is 0 Å². The second-order valence-corrected chi connectivity index (χ2v) is 5.83. The number of aromatic nitrogens is 2. The molecule has 0 saturated carbocycles. The maximum atomic E-state index is 12.0. The number of anilines is 1. The van der Waals surface area contributed by atoms with Gasteiger partial charge in [-0.25, -0.2) is 9.97 Å². The zero-order valence-electron chi connectivity index (χ0n) is 13.3. The Morgan fingerprint density at radius 1 is 1.32 bits per heavy atom. The lowest BCUT2D eigenvalue weighted by Crippen LogP contribution is -2.35. The molecule has 2 amide bonds. The van der Waals surface area contributed by atoms with Crippen molar-refractivity contribution in [2.24, 2.45) is 5.92 Å². The largest absolute Gasteiger partial charge is 0.368 e. The van der Waals surface area contributed by atoms with Crippen molar-refractivity contribution < 1.29 is 9.59 Å². The van der Waals surface area contributed by atoms with Crippen molar-refractivity contribution in [3.8, 4) is 0 Å². The third-order valence-corrected chi connectivity index (χ3v) is 3.31. The number of amides is 2. The van der Waals surface area contributed by atoms with Crippen LogP contribution in [-0.4, -0.2) is 41.4 Å². The van der Waals surface area contributed by atoms with Gasteiger partial charge >= 0.3 is 0 Å². The molecule has 1 aromatic rings. The molecule has 22 heavy (non-hydrogen) atoms. The van der Waals surface area contributed by atoms with E-state index in [0.717, 1.165) is 12.0 Å². The van der Waals surface area contributed by atoms with E-state index in [1.165, 1.54) is 6.92 Å². The van der Waals surface area contributed by atoms with Gasteiger partial charge in [0.2, 0.25) is 5.91 Å². The highest BCUT2D eigenvalue weighted by molar-refractivity contribution is 5.96. The van der Waals surface area contributed by atoms with Crippen LogP contribution in [0.3, 0.4) is 0 Å². The lowest BCUT2D eigenvalue weighted by Gasteiger charge is -2.20. The molecule has 1 aromatic heterocycles. The summed E-state index contributed by atoms with van der Waals surface area (Å²) in [6, 6.07) is 0. The zero-order valence-corrected chi connectivity index (χ0v) is 13.3. The van der Waals surface area contributed by atoms with Crippen molar-refractivity contribution in [2.45, 2.75) is 33.6 Å². The van der Waals surface area contributed by atoms with Crippen molar-refractivity contribution in [2.75, 3.05) is 25.0 Å². The highest BCUT2D eigenvalue weighted by Crippen LogP contribution is 2.21. The van der Waals surface area contributed by atoms with Gasteiger partial charge in [0, 0.05) is 38.5 Å². The third-order valence-electron chi connectivity index (χ3n) is 3.31. The minimum atomic E-state index is -0.140. The molecule has 0 saturated heterocycles. The van der Waals surface area contributed by atoms with Crippen molar-refractivity contribution in [3.63, 3.8) is 0 Å². The number of carbonyl (C=O) groups is 2. The van der Waals surface area contributed by atoms with Gasteiger partial charge in [0.1, 0.15) is 17.3 Å². The van der Waals surface area contributed by atoms with Gasteiger partial charge in [0.15, 0.2) is 0 Å². The number of nitrogens with zero attached hydrogens (tertiary/aromatic N) is 2. The fourth-order valence-corrected chi connectivity index (χ4v) is 2.36. The van der Waals surface area contributed by atoms with E-state index in [-0.39, 0.29) is 11.8 Å². The number of carbonyl (C=O) groups excluding carboxylic acids is 2. The summed E-state index contributed by atoms with van der Waals surface area (Å²) < 4.78 is 0. The fourth-order valence-electron chi connectivity index (χ4n) is 2.36. The molecule has 3 N–H and O–H groups in total. The molecular formula is C15H23N5O2. The number of fused-ring (bicyclic) bond motifs is 1. The molecule has 0 bridgehead atoms. The van der Waals surface area contributed by atoms with Crippen LogP contribution in [0.25, 0.3) is 0 Å². The molecule has 0 atom stereocenters. The Labute approximate surface area is 130 Å². The summed E-state index contributed by atoms with van der Waals surface area (Å²) in [5, 5.41) is 8.76. The Balaban J connectivity index is 2.20. The Bertz CT molecular complexity index is 571. The Kier molecular flexibility index (Phi) is 5.30. The van der Waals surface area contributed by atoms with Crippen LogP contribution in [0, 0.1) is 5.92 Å². The smallest absolute Gasteiger partial charge is 0.270 e. The quantitative estimate of drug-likeness (QED) is 0.666. The Hall–Kier alpha value is -2.18. The van der Waals surface area contributed by atoms with Gasteiger partial charge < -0.3 is 16.0 Å². The standard InChI is InChI=1S/C15H23N5O2/c1-9(2)8-12-19-13-11(4-5-18-15(13)22)14(20-12)17-7-6-16-10(3)21/h9H,4-8H2,1-3H3,(H,16,21)(H,18,22)(H,17,19,20). The molecule has 0 aliphatic carbocycles. The van der Waals surface area contributed by atoms with Crippen molar-refractivity contribution >= 4 is 17.6 Å². The maximum Gasteiger partial charge on any atom is 0.270 e. The summed E-state index contributed by atoms with van der Waals surface area (Å²) in [5.41, 5.74) is 1.33. The normalized spacial score (nSPS) is 13.5. The first kappa shape index (κ1) is 16.2. The van der Waals surface area contributed by atoms with E-state index >= 15 is 0 Å². The highest BCUT2D eigenvalue weighted by Gasteiger charge is 2.23. The molecule has 7 nitrogen and oxygen atoms in total. The summed E-state index contributed by atoms with van der Waals surface area (Å²) in [7, 11) is 0. The van der Waals surface area contributed by atoms with Crippen LogP contribution >= 0.6 is 0 Å². The van der Waals surface area contributed by atoms with Crippen molar-refractivity contribution in [1.29, 1.82) is 0 Å². The van der Waals surface area contributed by atoms with Crippen LogP contribution < -0.4 is 16.0 Å². The molecule has 0 fully saturated rings. The van der Waals surface area contributed by atoms with Gasteiger partial charge in [-0.15, -0.1) is 0 Å². The van der Waals surface area contributed by atoms with Gasteiger partial charge in [0.25, 0.3) is 5.91 Å². The molecule has 1 aliphatic heterocycles. The van der Waals surface area contributed by atoms with E-state index < -0.39 is 0 Å². The fraction of sp³-hybridized carbons (Fsp3) is 0.600. The topological polar surface area (TPSA) is 96.0 Å². The second-order valence-electron chi connectivity index (χ2n) is 5.83. The maximum absolute atomic E-state index is 12.0. The number of hydrogen-bond acceptors (Lipinski definition) is 5. The van der Waals surface area contributed by atoms with Crippen molar-refractivity contribution in [1.82, 2.24) is 20.6 Å². The number of nitrogens with one attached hydrogen (secondary N) is 3. The average molecular weight is 305 g/mol. The molecule has 120 valence electrons. The van der Waals surface area contributed by atoms with Crippen LogP contribution in [-0.2, 0) is 17.6 Å². The predicted molar refractivity (Wildman–Crippen MR) is 83.8 cm³/mol.